The summed E-state index contributed by atoms with van der Waals surface area (Å²) < 4.78 is 1.93. The van der Waals surface area contributed by atoms with Gasteiger partial charge in [-0.15, -0.1) is 5.10 Å². The van der Waals surface area contributed by atoms with Crippen molar-refractivity contribution in [2.75, 3.05) is 13.1 Å². The molecule has 3 fully saturated rings. The Labute approximate surface area is 178 Å². The van der Waals surface area contributed by atoms with Crippen molar-refractivity contribution in [3.63, 3.8) is 0 Å². The summed E-state index contributed by atoms with van der Waals surface area (Å²) in [6.45, 7) is 1.76. The average Bonchev–Trinajstić information content (AvgIpc) is 3.47. The Morgan fingerprint density at radius 3 is 2.52 bits per heavy atom. The number of aliphatic hydroxyl groups is 1. The highest BCUT2D eigenvalue weighted by Gasteiger charge is 2.38. The molecule has 2 saturated carbocycles. The van der Waals surface area contributed by atoms with Gasteiger partial charge in [0.25, 0.3) is 0 Å². The lowest BCUT2D eigenvalue weighted by molar-refractivity contribution is -0.0181. The van der Waals surface area contributed by atoms with Gasteiger partial charge < -0.3 is 5.11 Å². The summed E-state index contributed by atoms with van der Waals surface area (Å²) in [5.41, 5.74) is 2.37. The van der Waals surface area contributed by atoms with Crippen molar-refractivity contribution in [1.29, 1.82) is 0 Å². The first kappa shape index (κ1) is 19.5. The zero-order chi connectivity index (χ0) is 19.8. The topological polar surface area (TPSA) is 54.2 Å². The summed E-state index contributed by atoms with van der Waals surface area (Å²) >= 11 is 6.15. The van der Waals surface area contributed by atoms with Gasteiger partial charge in [-0.25, -0.2) is 4.68 Å². The maximum absolute atomic E-state index is 11.0. The fourth-order valence-electron chi connectivity index (χ4n) is 5.26. The second-order valence-corrected chi connectivity index (χ2v) is 9.73. The van der Waals surface area contributed by atoms with E-state index in [9.17, 15) is 5.11 Å². The van der Waals surface area contributed by atoms with Crippen LogP contribution in [0.4, 0.5) is 0 Å². The minimum atomic E-state index is -0.420. The van der Waals surface area contributed by atoms with Gasteiger partial charge in [0.1, 0.15) is 0 Å². The Kier molecular flexibility index (Phi) is 5.63. The number of hydrogen-bond acceptors (Lipinski definition) is 4. The standard InChI is InChI=1S/C23H31ClN4O/c24-19-10-8-18(9-11-19)21-12-22(28-14-20(25-26-28)17-6-7-17)23(29)15-27(21)13-16-4-2-1-3-5-16/h8-11,14,16-17,21-23,29H,1-7,12-13,15H2. The second-order valence-electron chi connectivity index (χ2n) is 9.29. The van der Waals surface area contributed by atoms with Crippen LogP contribution < -0.4 is 0 Å². The van der Waals surface area contributed by atoms with Crippen LogP contribution >= 0.6 is 11.6 Å². The van der Waals surface area contributed by atoms with Crippen molar-refractivity contribution in [3.8, 4) is 0 Å². The zero-order valence-electron chi connectivity index (χ0n) is 17.0. The van der Waals surface area contributed by atoms with Gasteiger partial charge in [0.15, 0.2) is 0 Å². The molecule has 5 rings (SSSR count). The van der Waals surface area contributed by atoms with Crippen molar-refractivity contribution in [2.24, 2.45) is 5.92 Å². The van der Waals surface area contributed by atoms with Crippen molar-refractivity contribution in [1.82, 2.24) is 19.9 Å². The number of rotatable bonds is 5. The lowest BCUT2D eigenvalue weighted by atomic mass is 9.85. The summed E-state index contributed by atoms with van der Waals surface area (Å²) in [7, 11) is 0. The summed E-state index contributed by atoms with van der Waals surface area (Å²) in [5, 5.41) is 20.6. The summed E-state index contributed by atoms with van der Waals surface area (Å²) in [5.74, 6) is 1.33. The van der Waals surface area contributed by atoms with Gasteiger partial charge in [0.05, 0.1) is 17.8 Å². The molecule has 1 aliphatic heterocycles. The Morgan fingerprint density at radius 1 is 1.03 bits per heavy atom. The summed E-state index contributed by atoms with van der Waals surface area (Å²) in [6.07, 6.45) is 11.6. The van der Waals surface area contributed by atoms with Crippen LogP contribution in [-0.2, 0) is 0 Å². The average molecular weight is 415 g/mol. The second kappa shape index (κ2) is 8.37. The highest BCUT2D eigenvalue weighted by molar-refractivity contribution is 6.30. The minimum Gasteiger partial charge on any atom is -0.390 e. The lowest BCUT2D eigenvalue weighted by Gasteiger charge is -2.44. The number of aromatic nitrogens is 3. The SMILES string of the molecule is OC1CN(CC2CCCCC2)C(c2ccc(Cl)cc2)CC1n1cc(C2CC2)nn1. The van der Waals surface area contributed by atoms with Gasteiger partial charge in [-0.05, 0) is 55.7 Å². The molecule has 2 aliphatic carbocycles. The predicted octanol–water partition coefficient (Wildman–Crippen LogP) is 4.74. The maximum atomic E-state index is 11.0. The van der Waals surface area contributed by atoms with Gasteiger partial charge >= 0.3 is 0 Å². The molecular formula is C23H31ClN4O. The third-order valence-corrected chi connectivity index (χ3v) is 7.36. The monoisotopic (exact) mass is 414 g/mol. The molecule has 156 valence electrons. The van der Waals surface area contributed by atoms with Crippen LogP contribution in [-0.4, -0.2) is 44.2 Å². The first-order chi connectivity index (χ1) is 14.2. The maximum Gasteiger partial charge on any atom is 0.0892 e. The Hall–Kier alpha value is -1.43. The molecule has 2 aromatic rings. The number of likely N-dealkylation sites (tertiary alicyclic amines) is 1. The molecule has 1 aromatic heterocycles. The van der Waals surface area contributed by atoms with Crippen LogP contribution in [0.25, 0.3) is 0 Å². The smallest absolute Gasteiger partial charge is 0.0892 e. The fourth-order valence-corrected chi connectivity index (χ4v) is 5.39. The molecule has 3 aliphatic rings. The first-order valence-electron chi connectivity index (χ1n) is 11.3. The van der Waals surface area contributed by atoms with Crippen molar-refractivity contribution >= 4 is 11.6 Å². The molecule has 3 atom stereocenters. The van der Waals surface area contributed by atoms with Gasteiger partial charge in [0.2, 0.25) is 0 Å². The molecule has 1 N–H and O–H groups in total. The number of halogens is 1. The van der Waals surface area contributed by atoms with Gasteiger partial charge in [0, 0.05) is 36.3 Å². The van der Waals surface area contributed by atoms with Gasteiger partial charge in [-0.1, -0.05) is 48.2 Å². The highest BCUT2D eigenvalue weighted by atomic mass is 35.5. The number of hydrogen-bond donors (Lipinski definition) is 1. The lowest BCUT2D eigenvalue weighted by Crippen LogP contribution is -2.48. The van der Waals surface area contributed by atoms with Crippen LogP contribution in [0, 0.1) is 5.92 Å². The third kappa shape index (κ3) is 4.37. The summed E-state index contributed by atoms with van der Waals surface area (Å²) in [4.78, 5) is 2.51. The quantitative estimate of drug-likeness (QED) is 0.767. The third-order valence-electron chi connectivity index (χ3n) is 7.11. The van der Waals surface area contributed by atoms with Crippen LogP contribution in [0.3, 0.4) is 0 Å². The zero-order valence-corrected chi connectivity index (χ0v) is 17.7. The number of benzene rings is 1. The molecule has 3 unspecified atom stereocenters. The minimum absolute atomic E-state index is 0.0294. The number of β-amino-alcohol motifs (C(OH)–C–C–N with tert-alkyl or cyclic N) is 1. The molecule has 1 saturated heterocycles. The van der Waals surface area contributed by atoms with E-state index < -0.39 is 6.10 Å². The summed E-state index contributed by atoms with van der Waals surface area (Å²) in [6, 6.07) is 8.50. The van der Waals surface area contributed by atoms with Gasteiger partial charge in [-0.3, -0.25) is 4.90 Å². The molecular weight excluding hydrogens is 384 g/mol. The van der Waals surface area contributed by atoms with Crippen LogP contribution in [0.1, 0.15) is 80.6 Å². The van der Waals surface area contributed by atoms with E-state index in [0.29, 0.717) is 12.5 Å². The van der Waals surface area contributed by atoms with Crippen LogP contribution in [0.5, 0.6) is 0 Å². The van der Waals surface area contributed by atoms with Gasteiger partial charge in [-0.2, -0.15) is 0 Å². The van der Waals surface area contributed by atoms with Crippen LogP contribution in [0.2, 0.25) is 5.02 Å². The molecule has 5 nitrogen and oxygen atoms in total. The molecule has 6 heteroatoms. The van der Waals surface area contributed by atoms with E-state index in [1.54, 1.807) is 0 Å². The number of nitrogens with zero attached hydrogens (tertiary/aromatic N) is 4. The molecule has 0 bridgehead atoms. The Morgan fingerprint density at radius 2 is 1.79 bits per heavy atom. The highest BCUT2D eigenvalue weighted by Crippen LogP contribution is 2.41. The van der Waals surface area contributed by atoms with Crippen molar-refractivity contribution in [2.45, 2.75) is 75.5 Å². The molecule has 29 heavy (non-hydrogen) atoms. The van der Waals surface area contributed by atoms with E-state index in [1.807, 2.05) is 16.8 Å². The van der Waals surface area contributed by atoms with E-state index >= 15 is 0 Å². The van der Waals surface area contributed by atoms with Crippen molar-refractivity contribution < 1.29 is 5.11 Å². The number of piperidine rings is 1. The van der Waals surface area contributed by atoms with E-state index in [-0.39, 0.29) is 12.1 Å². The van der Waals surface area contributed by atoms with E-state index in [2.05, 4.69) is 33.5 Å². The fraction of sp³-hybridized carbons (Fsp3) is 0.652. The normalized spacial score (nSPS) is 29.2. The molecule has 0 spiro atoms. The largest absolute Gasteiger partial charge is 0.390 e. The predicted molar refractivity (Wildman–Crippen MR) is 114 cm³/mol. The number of aliphatic hydroxyl groups excluding tert-OH is 1. The molecule has 2 heterocycles. The Bertz CT molecular complexity index is 813. The van der Waals surface area contributed by atoms with E-state index in [0.717, 1.165) is 29.6 Å². The molecule has 0 radical (unpaired) electrons. The molecule has 0 amide bonds. The van der Waals surface area contributed by atoms with E-state index in [4.69, 9.17) is 11.6 Å². The first-order valence-corrected chi connectivity index (χ1v) is 11.6. The van der Waals surface area contributed by atoms with Crippen molar-refractivity contribution in [3.05, 3.63) is 46.7 Å². The van der Waals surface area contributed by atoms with E-state index in [1.165, 1.54) is 50.5 Å². The van der Waals surface area contributed by atoms with Crippen LogP contribution in [0.15, 0.2) is 30.5 Å². The Balaban J connectivity index is 1.38. The molecule has 1 aromatic carbocycles.